The number of hydrogen-bond donors (Lipinski definition) is 2. The molecule has 2 aromatic heterocycles. The Morgan fingerprint density at radius 3 is 3.12 bits per heavy atom. The van der Waals surface area contributed by atoms with Crippen molar-refractivity contribution in [2.24, 2.45) is 5.92 Å². The molecule has 1 aliphatic rings. The summed E-state index contributed by atoms with van der Waals surface area (Å²) in [7, 11) is 0. The van der Waals surface area contributed by atoms with E-state index in [1.54, 1.807) is 4.90 Å². The van der Waals surface area contributed by atoms with E-state index in [1.807, 2.05) is 0 Å². The van der Waals surface area contributed by atoms with Crippen LogP contribution < -0.4 is 4.90 Å². The minimum absolute atomic E-state index is 0.0482. The molecule has 0 saturated carbocycles. The molecule has 0 bridgehead atoms. The molecule has 1 saturated heterocycles. The van der Waals surface area contributed by atoms with Crippen molar-refractivity contribution < 1.29 is 4.79 Å². The fourth-order valence-electron chi connectivity index (χ4n) is 1.97. The molecule has 1 amide bonds. The van der Waals surface area contributed by atoms with Crippen LogP contribution in [0.25, 0.3) is 11.2 Å². The van der Waals surface area contributed by atoms with Gasteiger partial charge in [-0.05, 0) is 11.7 Å². The molecule has 0 aromatic carbocycles. The van der Waals surface area contributed by atoms with Crippen LogP contribution >= 0.6 is 12.6 Å². The van der Waals surface area contributed by atoms with Gasteiger partial charge in [-0.15, -0.1) is 5.10 Å². The van der Waals surface area contributed by atoms with Crippen molar-refractivity contribution in [3.8, 4) is 0 Å². The van der Waals surface area contributed by atoms with Crippen LogP contribution in [0.1, 0.15) is 6.42 Å². The molecule has 1 aliphatic heterocycles. The molecule has 2 aromatic rings. The third kappa shape index (κ3) is 1.64. The van der Waals surface area contributed by atoms with Crippen molar-refractivity contribution >= 4 is 35.5 Å². The monoisotopic (exact) mass is 250 g/mol. The molecule has 1 N–H and O–H groups in total. The van der Waals surface area contributed by atoms with Gasteiger partial charge >= 0.3 is 0 Å². The predicted octanol–water partition coefficient (Wildman–Crippen LogP) is 0.0306. The summed E-state index contributed by atoms with van der Waals surface area (Å²) in [6, 6.07) is 0. The van der Waals surface area contributed by atoms with Gasteiger partial charge in [0.05, 0.1) is 0 Å². The third-order valence-corrected chi connectivity index (χ3v) is 3.34. The Hall–Kier alpha value is -1.70. The molecule has 3 rings (SSSR count). The second-order valence-electron chi connectivity index (χ2n) is 3.95. The lowest BCUT2D eigenvalue weighted by Gasteiger charge is -2.14. The van der Waals surface area contributed by atoms with Gasteiger partial charge < -0.3 is 0 Å². The summed E-state index contributed by atoms with van der Waals surface area (Å²) in [4.78, 5) is 21.6. The van der Waals surface area contributed by atoms with Crippen molar-refractivity contribution in [3.05, 3.63) is 6.33 Å². The van der Waals surface area contributed by atoms with Crippen molar-refractivity contribution in [1.82, 2.24) is 25.4 Å². The highest BCUT2D eigenvalue weighted by atomic mass is 32.1. The first-order chi connectivity index (χ1) is 8.29. The highest BCUT2D eigenvalue weighted by Gasteiger charge is 2.32. The van der Waals surface area contributed by atoms with E-state index in [-0.39, 0.29) is 11.8 Å². The van der Waals surface area contributed by atoms with Gasteiger partial charge in [0.15, 0.2) is 11.3 Å². The molecular formula is C9H10N6OS. The van der Waals surface area contributed by atoms with Crippen LogP contribution in [0, 0.1) is 5.92 Å². The second kappa shape index (κ2) is 3.95. The van der Waals surface area contributed by atoms with E-state index in [1.165, 1.54) is 6.33 Å². The highest BCUT2D eigenvalue weighted by molar-refractivity contribution is 7.80. The highest BCUT2D eigenvalue weighted by Crippen LogP contribution is 2.27. The second-order valence-corrected chi connectivity index (χ2v) is 4.32. The number of hydrogen-bond acceptors (Lipinski definition) is 6. The summed E-state index contributed by atoms with van der Waals surface area (Å²) in [5, 5.41) is 10.3. The van der Waals surface area contributed by atoms with Crippen LogP contribution in [0.4, 0.5) is 5.82 Å². The first-order valence-corrected chi connectivity index (χ1v) is 5.85. The Kier molecular flexibility index (Phi) is 2.43. The number of thiol groups is 1. The number of amides is 1. The van der Waals surface area contributed by atoms with Crippen LogP contribution in [0.3, 0.4) is 0 Å². The number of aromatic amines is 1. The predicted molar refractivity (Wildman–Crippen MR) is 63.8 cm³/mol. The first-order valence-electron chi connectivity index (χ1n) is 5.22. The van der Waals surface area contributed by atoms with E-state index < -0.39 is 0 Å². The maximum Gasteiger partial charge on any atom is 0.228 e. The average molecular weight is 250 g/mol. The van der Waals surface area contributed by atoms with Crippen molar-refractivity contribution in [1.29, 1.82) is 0 Å². The van der Waals surface area contributed by atoms with Crippen molar-refractivity contribution in [3.63, 3.8) is 0 Å². The SMILES string of the molecule is O=C1CC(CS)CN1c1ncnc2n[nH]nc12. The molecular weight excluding hydrogens is 240 g/mol. The normalized spacial score (nSPS) is 20.4. The fraction of sp³-hybridized carbons (Fsp3) is 0.444. The minimum atomic E-state index is 0.0482. The summed E-state index contributed by atoms with van der Waals surface area (Å²) in [6.45, 7) is 0.626. The zero-order valence-corrected chi connectivity index (χ0v) is 9.76. The smallest absolute Gasteiger partial charge is 0.228 e. The van der Waals surface area contributed by atoms with Crippen LogP contribution in [-0.2, 0) is 4.79 Å². The Balaban J connectivity index is 2.04. The molecule has 1 unspecified atom stereocenters. The first kappa shape index (κ1) is 10.5. The van der Waals surface area contributed by atoms with E-state index in [9.17, 15) is 4.79 Å². The van der Waals surface area contributed by atoms with Crippen molar-refractivity contribution in [2.45, 2.75) is 6.42 Å². The van der Waals surface area contributed by atoms with Crippen LogP contribution in [0.15, 0.2) is 6.33 Å². The number of carbonyl (C=O) groups excluding carboxylic acids is 1. The Morgan fingerprint density at radius 1 is 1.47 bits per heavy atom. The fourth-order valence-corrected chi connectivity index (χ4v) is 2.22. The lowest BCUT2D eigenvalue weighted by atomic mass is 10.1. The lowest BCUT2D eigenvalue weighted by molar-refractivity contribution is -0.117. The quantitative estimate of drug-likeness (QED) is 0.734. The van der Waals surface area contributed by atoms with Crippen molar-refractivity contribution in [2.75, 3.05) is 17.2 Å². The summed E-state index contributed by atoms with van der Waals surface area (Å²) in [5.41, 5.74) is 0.998. The van der Waals surface area contributed by atoms with Gasteiger partial charge in [-0.25, -0.2) is 9.97 Å². The van der Waals surface area contributed by atoms with Crippen LogP contribution in [0.2, 0.25) is 0 Å². The van der Waals surface area contributed by atoms with E-state index in [0.29, 0.717) is 35.7 Å². The molecule has 0 aliphatic carbocycles. The maximum atomic E-state index is 11.9. The third-order valence-electron chi connectivity index (χ3n) is 2.82. The summed E-state index contributed by atoms with van der Waals surface area (Å²) in [5.74, 6) is 1.53. The molecule has 88 valence electrons. The van der Waals surface area contributed by atoms with E-state index in [2.05, 4.69) is 38.0 Å². The zero-order chi connectivity index (χ0) is 11.8. The minimum Gasteiger partial charge on any atom is -0.294 e. The molecule has 1 fully saturated rings. The summed E-state index contributed by atoms with van der Waals surface area (Å²) in [6.07, 6.45) is 1.90. The average Bonchev–Trinajstić information content (AvgIpc) is 2.94. The topological polar surface area (TPSA) is 87.7 Å². The van der Waals surface area contributed by atoms with Gasteiger partial charge in [0.2, 0.25) is 11.6 Å². The number of carbonyl (C=O) groups is 1. The van der Waals surface area contributed by atoms with Crippen LogP contribution in [-0.4, -0.2) is 43.6 Å². The van der Waals surface area contributed by atoms with Gasteiger partial charge in [0, 0.05) is 13.0 Å². The molecule has 0 spiro atoms. The number of rotatable bonds is 2. The summed E-state index contributed by atoms with van der Waals surface area (Å²) >= 11 is 4.22. The number of fused-ring (bicyclic) bond motifs is 1. The molecule has 0 radical (unpaired) electrons. The van der Waals surface area contributed by atoms with Gasteiger partial charge in [-0.1, -0.05) is 0 Å². The molecule has 8 heteroatoms. The Labute approximate surface area is 102 Å². The number of nitrogens with one attached hydrogen (secondary N) is 1. The number of H-pyrrole nitrogens is 1. The van der Waals surface area contributed by atoms with E-state index in [4.69, 9.17) is 0 Å². The maximum absolute atomic E-state index is 11.9. The number of aromatic nitrogens is 5. The molecule has 7 nitrogen and oxygen atoms in total. The largest absolute Gasteiger partial charge is 0.294 e. The Morgan fingerprint density at radius 2 is 2.35 bits per heavy atom. The molecule has 1 atom stereocenters. The molecule has 3 heterocycles. The zero-order valence-electron chi connectivity index (χ0n) is 8.87. The van der Waals surface area contributed by atoms with Crippen LogP contribution in [0.5, 0.6) is 0 Å². The van der Waals surface area contributed by atoms with E-state index >= 15 is 0 Å². The van der Waals surface area contributed by atoms with E-state index in [0.717, 1.165) is 0 Å². The Bertz CT molecular complexity index is 569. The standard InChI is InChI=1S/C9H10N6OS/c16-6-1-5(3-17)2-15(6)9-7-8(10-4-11-9)13-14-12-7/h4-5,17H,1-3H2,(H,10,11,12,13,14). The molecule has 17 heavy (non-hydrogen) atoms. The summed E-state index contributed by atoms with van der Waals surface area (Å²) < 4.78 is 0. The van der Waals surface area contributed by atoms with Gasteiger partial charge in [-0.3, -0.25) is 9.69 Å². The van der Waals surface area contributed by atoms with Gasteiger partial charge in [0.1, 0.15) is 6.33 Å². The lowest BCUT2D eigenvalue weighted by Crippen LogP contribution is -2.26. The van der Waals surface area contributed by atoms with Gasteiger partial charge in [-0.2, -0.15) is 22.9 Å². The number of nitrogens with zero attached hydrogens (tertiary/aromatic N) is 5. The van der Waals surface area contributed by atoms with Gasteiger partial charge in [0.25, 0.3) is 0 Å². The number of anilines is 1.